The summed E-state index contributed by atoms with van der Waals surface area (Å²) >= 11 is 0. The summed E-state index contributed by atoms with van der Waals surface area (Å²) in [6.45, 7) is 2.50. The number of hydrogen-bond acceptors (Lipinski definition) is 4. The van der Waals surface area contributed by atoms with E-state index in [1.165, 1.54) is 0 Å². The molecular weight excluding hydrogens is 274 g/mol. The summed E-state index contributed by atoms with van der Waals surface area (Å²) in [5.41, 5.74) is 3.04. The van der Waals surface area contributed by atoms with Gasteiger partial charge < -0.3 is 9.73 Å². The summed E-state index contributed by atoms with van der Waals surface area (Å²) in [6, 6.07) is 9.49. The molecule has 20 heavy (non-hydrogen) atoms. The first-order chi connectivity index (χ1) is 9.53. The Labute approximate surface area is 118 Å². The van der Waals surface area contributed by atoms with Gasteiger partial charge in [-0.1, -0.05) is 24.3 Å². The molecule has 0 spiro atoms. The molecule has 2 heterocycles. The second-order valence-corrected chi connectivity index (χ2v) is 7.39. The van der Waals surface area contributed by atoms with E-state index in [4.69, 9.17) is 4.42 Å². The number of furan rings is 1. The summed E-state index contributed by atoms with van der Waals surface area (Å²) in [5.74, 6) is 1.10. The van der Waals surface area contributed by atoms with Crippen molar-refractivity contribution in [1.82, 2.24) is 5.32 Å². The molecule has 0 bridgehead atoms. The average molecular weight is 291 g/mol. The molecular formula is C15H17NO3S. The number of hydrogen-bond donors (Lipinski definition) is 1. The minimum atomic E-state index is -3.04. The number of sulfone groups is 1. The topological polar surface area (TPSA) is 59.3 Å². The van der Waals surface area contributed by atoms with Gasteiger partial charge >= 0.3 is 0 Å². The summed E-state index contributed by atoms with van der Waals surface area (Å²) in [7, 11) is -3.04. The number of nitrogens with one attached hydrogen (secondary N) is 1. The molecule has 3 rings (SSSR count). The van der Waals surface area contributed by atoms with Crippen LogP contribution in [0.15, 0.2) is 41.0 Å². The molecule has 0 radical (unpaired) electrons. The van der Waals surface area contributed by atoms with Crippen molar-refractivity contribution < 1.29 is 12.8 Å². The van der Waals surface area contributed by atoms with Gasteiger partial charge in [0.25, 0.3) is 0 Å². The number of benzene rings is 1. The van der Waals surface area contributed by atoms with Gasteiger partial charge in [-0.2, -0.15) is 0 Å². The van der Waals surface area contributed by atoms with Gasteiger partial charge in [-0.3, -0.25) is 0 Å². The minimum Gasteiger partial charge on any atom is -0.468 e. The molecule has 0 aliphatic carbocycles. The number of fused-ring (bicyclic) bond motifs is 1. The Bertz CT molecular complexity index is 718. The SMILES string of the molecule is Cc1coc(CNC2CS(=O)(=O)Cc3ccccc32)c1. The molecule has 1 unspecified atom stereocenters. The zero-order valence-corrected chi connectivity index (χ0v) is 12.1. The normalized spacial score (nSPS) is 20.6. The summed E-state index contributed by atoms with van der Waals surface area (Å²) in [5, 5.41) is 3.29. The van der Waals surface area contributed by atoms with Crippen molar-refractivity contribution in [2.75, 3.05) is 5.75 Å². The molecule has 0 saturated carbocycles. The van der Waals surface area contributed by atoms with E-state index in [1.54, 1.807) is 6.26 Å². The fourth-order valence-electron chi connectivity index (χ4n) is 2.62. The van der Waals surface area contributed by atoms with Crippen LogP contribution in [0.25, 0.3) is 0 Å². The highest BCUT2D eigenvalue weighted by atomic mass is 32.2. The van der Waals surface area contributed by atoms with Crippen LogP contribution in [0.3, 0.4) is 0 Å². The first-order valence-corrected chi connectivity index (χ1v) is 8.41. The zero-order valence-electron chi connectivity index (χ0n) is 11.3. The van der Waals surface area contributed by atoms with Crippen LogP contribution in [0.1, 0.15) is 28.5 Å². The van der Waals surface area contributed by atoms with Crippen LogP contribution in [0.2, 0.25) is 0 Å². The van der Waals surface area contributed by atoms with Crippen LogP contribution < -0.4 is 5.32 Å². The summed E-state index contributed by atoms with van der Waals surface area (Å²) in [4.78, 5) is 0. The monoisotopic (exact) mass is 291 g/mol. The lowest BCUT2D eigenvalue weighted by molar-refractivity contribution is 0.455. The van der Waals surface area contributed by atoms with Gasteiger partial charge in [0.05, 0.1) is 24.3 Å². The van der Waals surface area contributed by atoms with E-state index >= 15 is 0 Å². The summed E-state index contributed by atoms with van der Waals surface area (Å²) in [6.07, 6.45) is 1.70. The second kappa shape index (κ2) is 5.07. The van der Waals surface area contributed by atoms with Crippen molar-refractivity contribution in [3.63, 3.8) is 0 Å². The first-order valence-electron chi connectivity index (χ1n) is 6.59. The Morgan fingerprint density at radius 2 is 2.15 bits per heavy atom. The predicted molar refractivity (Wildman–Crippen MR) is 77.0 cm³/mol. The molecule has 1 aliphatic heterocycles. The molecule has 1 aliphatic rings. The molecule has 1 atom stereocenters. The third-order valence-electron chi connectivity index (χ3n) is 3.53. The van der Waals surface area contributed by atoms with Crippen molar-refractivity contribution in [2.24, 2.45) is 0 Å². The van der Waals surface area contributed by atoms with Crippen molar-refractivity contribution >= 4 is 9.84 Å². The molecule has 4 nitrogen and oxygen atoms in total. The quantitative estimate of drug-likeness (QED) is 0.943. The van der Waals surface area contributed by atoms with Crippen LogP contribution in [-0.4, -0.2) is 14.2 Å². The lowest BCUT2D eigenvalue weighted by atomic mass is 10.0. The van der Waals surface area contributed by atoms with E-state index in [9.17, 15) is 8.42 Å². The van der Waals surface area contributed by atoms with Gasteiger partial charge in [-0.25, -0.2) is 8.42 Å². The van der Waals surface area contributed by atoms with E-state index < -0.39 is 9.84 Å². The molecule has 0 saturated heterocycles. The molecule has 2 aromatic rings. The van der Waals surface area contributed by atoms with E-state index in [0.29, 0.717) is 6.54 Å². The van der Waals surface area contributed by atoms with Crippen LogP contribution in [0, 0.1) is 6.92 Å². The van der Waals surface area contributed by atoms with Crippen LogP contribution in [0.4, 0.5) is 0 Å². The van der Waals surface area contributed by atoms with E-state index in [1.807, 2.05) is 37.3 Å². The van der Waals surface area contributed by atoms with Gasteiger partial charge in [0.15, 0.2) is 9.84 Å². The Hall–Kier alpha value is -1.59. The highest BCUT2D eigenvalue weighted by Gasteiger charge is 2.29. The predicted octanol–water partition coefficient (Wildman–Crippen LogP) is 2.35. The molecule has 106 valence electrons. The largest absolute Gasteiger partial charge is 0.468 e. The summed E-state index contributed by atoms with van der Waals surface area (Å²) < 4.78 is 29.3. The van der Waals surface area contributed by atoms with Crippen LogP contribution in [0.5, 0.6) is 0 Å². The molecule has 0 fully saturated rings. The molecule has 5 heteroatoms. The van der Waals surface area contributed by atoms with Gasteiger partial charge in [-0.05, 0) is 29.7 Å². The average Bonchev–Trinajstić information content (AvgIpc) is 2.80. The van der Waals surface area contributed by atoms with Gasteiger partial charge in [0.1, 0.15) is 5.76 Å². The van der Waals surface area contributed by atoms with Gasteiger partial charge in [-0.15, -0.1) is 0 Å². The lowest BCUT2D eigenvalue weighted by Crippen LogP contribution is -2.33. The van der Waals surface area contributed by atoms with Crippen LogP contribution >= 0.6 is 0 Å². The maximum atomic E-state index is 12.0. The highest BCUT2D eigenvalue weighted by Crippen LogP contribution is 2.28. The third-order valence-corrected chi connectivity index (χ3v) is 5.13. The van der Waals surface area contributed by atoms with Crippen LogP contribution in [-0.2, 0) is 22.1 Å². The fraction of sp³-hybridized carbons (Fsp3) is 0.333. The fourth-order valence-corrected chi connectivity index (χ4v) is 4.28. The van der Waals surface area contributed by atoms with Crippen molar-refractivity contribution in [2.45, 2.75) is 25.3 Å². The lowest BCUT2D eigenvalue weighted by Gasteiger charge is -2.26. The first kappa shape index (κ1) is 13.4. The smallest absolute Gasteiger partial charge is 0.156 e. The van der Waals surface area contributed by atoms with Gasteiger partial charge in [0, 0.05) is 6.04 Å². The van der Waals surface area contributed by atoms with Crippen molar-refractivity contribution in [3.8, 4) is 0 Å². The maximum Gasteiger partial charge on any atom is 0.156 e. The molecule has 0 amide bonds. The maximum absolute atomic E-state index is 12.0. The Balaban J connectivity index is 1.82. The van der Waals surface area contributed by atoms with E-state index in [-0.39, 0.29) is 17.5 Å². The van der Waals surface area contributed by atoms with Crippen molar-refractivity contribution in [1.29, 1.82) is 0 Å². The van der Waals surface area contributed by atoms with Crippen molar-refractivity contribution in [3.05, 3.63) is 59.0 Å². The molecule has 1 aromatic heterocycles. The number of rotatable bonds is 3. The Kier molecular flexibility index (Phi) is 3.40. The molecule has 1 aromatic carbocycles. The Morgan fingerprint density at radius 1 is 1.35 bits per heavy atom. The Morgan fingerprint density at radius 3 is 2.90 bits per heavy atom. The highest BCUT2D eigenvalue weighted by molar-refractivity contribution is 7.90. The zero-order chi connectivity index (χ0) is 14.2. The standard InChI is InChI=1S/C15H17NO3S/c1-11-6-13(19-8-11)7-16-15-10-20(17,18)9-12-4-2-3-5-14(12)15/h2-6,8,15-16H,7,9-10H2,1H3. The third kappa shape index (κ3) is 2.78. The van der Waals surface area contributed by atoms with Gasteiger partial charge in [0.2, 0.25) is 0 Å². The van der Waals surface area contributed by atoms with E-state index in [2.05, 4.69) is 5.32 Å². The molecule has 1 N–H and O–H groups in total. The number of aryl methyl sites for hydroxylation is 1. The second-order valence-electron chi connectivity index (χ2n) is 5.28. The minimum absolute atomic E-state index is 0.140. The van der Waals surface area contributed by atoms with E-state index in [0.717, 1.165) is 22.5 Å².